The molecule has 1 atom stereocenters. The van der Waals surface area contributed by atoms with Crippen molar-refractivity contribution in [1.82, 2.24) is 4.90 Å². The number of ketones is 1. The summed E-state index contributed by atoms with van der Waals surface area (Å²) in [5.41, 5.74) is -3.32. The fourth-order valence-electron chi connectivity index (χ4n) is 2.58. The number of piperidine rings is 1. The molecule has 120 valence electrons. The number of hydrogen-bond donors (Lipinski definition) is 0. The number of Topliss-reactive ketones (excluding diaryl/α,β-unsaturated/α-hetero) is 1. The van der Waals surface area contributed by atoms with Crippen LogP contribution in [0.1, 0.15) is 18.4 Å². The summed E-state index contributed by atoms with van der Waals surface area (Å²) in [7, 11) is 0.869. The third kappa shape index (κ3) is 2.72. The number of likely N-dealkylation sites (tertiary alicyclic amines) is 1. The number of benzene rings is 1. The zero-order valence-electron chi connectivity index (χ0n) is 12.0. The largest absolute Gasteiger partial charge is 0.430 e. The minimum atomic E-state index is -4.92. The predicted octanol–water partition coefficient (Wildman–Crippen LogP) is 2.28. The highest BCUT2D eigenvalue weighted by Crippen LogP contribution is 2.43. The van der Waals surface area contributed by atoms with Gasteiger partial charge in [0.15, 0.2) is 0 Å². The van der Waals surface area contributed by atoms with Gasteiger partial charge in [-0.3, -0.25) is 9.59 Å². The number of nitrogens with zero attached hydrogens (tertiary/aromatic N) is 1. The van der Waals surface area contributed by atoms with Crippen LogP contribution in [-0.2, 0) is 19.9 Å². The summed E-state index contributed by atoms with van der Waals surface area (Å²) in [6, 6.07) is 6.82. The lowest BCUT2D eigenvalue weighted by molar-refractivity contribution is -0.270. The lowest BCUT2D eigenvalue weighted by Gasteiger charge is -2.38. The molecule has 0 spiro atoms. The second kappa shape index (κ2) is 6.08. The fraction of sp³-hybridized carbons (Fsp3) is 0.467. The number of carbonyl (C=O) groups excluding carboxylic acids is 2. The maximum atomic E-state index is 13.7. The molecule has 4 nitrogen and oxygen atoms in total. The van der Waals surface area contributed by atoms with E-state index in [0.29, 0.717) is 0 Å². The van der Waals surface area contributed by atoms with Gasteiger partial charge in [-0.15, -0.1) is 0 Å². The molecule has 2 rings (SSSR count). The first-order chi connectivity index (χ1) is 10.3. The molecule has 0 unspecified atom stereocenters. The van der Waals surface area contributed by atoms with Crippen LogP contribution in [0.5, 0.6) is 0 Å². The van der Waals surface area contributed by atoms with Crippen LogP contribution >= 0.6 is 0 Å². The Kier molecular flexibility index (Phi) is 4.55. The minimum absolute atomic E-state index is 0.0221. The first kappa shape index (κ1) is 16.5. The van der Waals surface area contributed by atoms with Crippen LogP contribution in [0.4, 0.5) is 13.2 Å². The quantitative estimate of drug-likeness (QED) is 0.860. The number of halogens is 3. The first-order valence-electron chi connectivity index (χ1n) is 6.81. The normalized spacial score (nSPS) is 18.9. The smallest absolute Gasteiger partial charge is 0.356 e. The molecule has 1 aliphatic heterocycles. The Labute approximate surface area is 125 Å². The molecule has 1 heterocycles. The molecule has 1 saturated heterocycles. The van der Waals surface area contributed by atoms with E-state index < -0.39 is 17.7 Å². The van der Waals surface area contributed by atoms with E-state index in [-0.39, 0.29) is 37.3 Å². The lowest BCUT2D eigenvalue weighted by Crippen LogP contribution is -2.58. The summed E-state index contributed by atoms with van der Waals surface area (Å²) in [5, 5.41) is 0. The third-order valence-electron chi connectivity index (χ3n) is 3.80. The Hall–Kier alpha value is -1.89. The first-order valence-corrected chi connectivity index (χ1v) is 6.81. The molecule has 0 N–H and O–H groups in total. The Morgan fingerprint density at radius 3 is 2.14 bits per heavy atom. The van der Waals surface area contributed by atoms with E-state index in [0.717, 1.165) is 12.0 Å². The van der Waals surface area contributed by atoms with E-state index in [1.54, 1.807) is 6.07 Å². The van der Waals surface area contributed by atoms with E-state index in [9.17, 15) is 22.8 Å². The van der Waals surface area contributed by atoms with Gasteiger partial charge in [-0.2, -0.15) is 13.2 Å². The summed E-state index contributed by atoms with van der Waals surface area (Å²) in [6.07, 6.45) is -4.78. The molecule has 1 amide bonds. The Morgan fingerprint density at radius 1 is 1.14 bits per heavy atom. The van der Waals surface area contributed by atoms with Gasteiger partial charge in [0.05, 0.1) is 0 Å². The van der Waals surface area contributed by atoms with E-state index in [2.05, 4.69) is 0 Å². The van der Waals surface area contributed by atoms with Crippen LogP contribution < -0.4 is 0 Å². The van der Waals surface area contributed by atoms with Gasteiger partial charge in [-0.05, 0) is 0 Å². The Morgan fingerprint density at radius 2 is 1.68 bits per heavy atom. The van der Waals surface area contributed by atoms with Crippen molar-refractivity contribution in [1.29, 1.82) is 0 Å². The van der Waals surface area contributed by atoms with Crippen molar-refractivity contribution in [2.45, 2.75) is 24.6 Å². The molecular weight excluding hydrogens is 299 g/mol. The summed E-state index contributed by atoms with van der Waals surface area (Å²) >= 11 is 0. The van der Waals surface area contributed by atoms with Crippen LogP contribution in [0, 0.1) is 0 Å². The van der Waals surface area contributed by atoms with E-state index in [4.69, 9.17) is 4.74 Å². The second-order valence-electron chi connectivity index (χ2n) is 5.08. The summed E-state index contributed by atoms with van der Waals surface area (Å²) in [5.74, 6) is -1.24. The molecule has 7 heteroatoms. The van der Waals surface area contributed by atoms with Crippen LogP contribution in [0.2, 0.25) is 0 Å². The summed E-state index contributed by atoms with van der Waals surface area (Å²) < 4.78 is 45.8. The maximum absolute atomic E-state index is 13.7. The average molecular weight is 315 g/mol. The summed E-state index contributed by atoms with van der Waals surface area (Å²) in [6.45, 7) is -0.0443. The standard InChI is InChI=1S/C15H16F3NO3/c1-22-14(15(16,17)18,11-5-3-2-4-6-11)13(21)19-9-7-12(20)8-10-19/h2-6H,7-10H2,1H3/t14-/m1/s1. The van der Waals surface area contributed by atoms with Crippen molar-refractivity contribution >= 4 is 11.7 Å². The number of alkyl halides is 3. The molecule has 1 aromatic rings. The van der Waals surface area contributed by atoms with Crippen molar-refractivity contribution in [3.63, 3.8) is 0 Å². The van der Waals surface area contributed by atoms with Crippen molar-refractivity contribution in [2.24, 2.45) is 0 Å². The number of carbonyl (C=O) groups is 2. The average Bonchev–Trinajstić information content (AvgIpc) is 2.49. The highest BCUT2D eigenvalue weighted by molar-refractivity contribution is 5.90. The number of methoxy groups -OCH3 is 1. The molecular formula is C15H16F3NO3. The topological polar surface area (TPSA) is 46.6 Å². The molecule has 0 aromatic heterocycles. The zero-order valence-corrected chi connectivity index (χ0v) is 12.0. The molecule has 1 fully saturated rings. The van der Waals surface area contributed by atoms with Gasteiger partial charge < -0.3 is 9.64 Å². The van der Waals surface area contributed by atoms with E-state index in [1.165, 1.54) is 24.3 Å². The van der Waals surface area contributed by atoms with Gasteiger partial charge in [0.1, 0.15) is 5.78 Å². The van der Waals surface area contributed by atoms with Gasteiger partial charge in [0.2, 0.25) is 0 Å². The van der Waals surface area contributed by atoms with Gasteiger partial charge in [0.25, 0.3) is 11.5 Å². The molecule has 1 aromatic carbocycles. The zero-order chi connectivity index (χ0) is 16.4. The molecule has 0 bridgehead atoms. The van der Waals surface area contributed by atoms with E-state index >= 15 is 0 Å². The molecule has 0 radical (unpaired) electrons. The van der Waals surface area contributed by atoms with Crippen molar-refractivity contribution in [3.8, 4) is 0 Å². The summed E-state index contributed by atoms with van der Waals surface area (Å²) in [4.78, 5) is 24.8. The molecule has 0 aliphatic carbocycles. The second-order valence-corrected chi connectivity index (χ2v) is 5.08. The SMILES string of the molecule is CO[C@@](C(=O)N1CCC(=O)CC1)(c1ccccc1)C(F)(F)F. The van der Waals surface area contributed by atoms with Crippen molar-refractivity contribution < 1.29 is 27.5 Å². The molecule has 1 aliphatic rings. The predicted molar refractivity (Wildman–Crippen MR) is 72.0 cm³/mol. The van der Waals surface area contributed by atoms with Crippen LogP contribution in [0.25, 0.3) is 0 Å². The number of ether oxygens (including phenoxy) is 1. The van der Waals surface area contributed by atoms with Gasteiger partial charge in [0, 0.05) is 38.6 Å². The number of rotatable bonds is 3. The third-order valence-corrected chi connectivity index (χ3v) is 3.80. The maximum Gasteiger partial charge on any atom is 0.430 e. The number of amides is 1. The van der Waals surface area contributed by atoms with E-state index in [1.807, 2.05) is 0 Å². The van der Waals surface area contributed by atoms with Gasteiger partial charge in [-0.25, -0.2) is 0 Å². The van der Waals surface area contributed by atoms with Crippen molar-refractivity contribution in [2.75, 3.05) is 20.2 Å². The van der Waals surface area contributed by atoms with Crippen LogP contribution in [-0.4, -0.2) is 43.0 Å². The lowest BCUT2D eigenvalue weighted by atomic mass is 9.90. The van der Waals surface area contributed by atoms with Gasteiger partial charge >= 0.3 is 6.18 Å². The Bertz CT molecular complexity index is 549. The molecule has 0 saturated carbocycles. The van der Waals surface area contributed by atoms with Crippen LogP contribution in [0.3, 0.4) is 0 Å². The highest BCUT2D eigenvalue weighted by Gasteiger charge is 2.63. The van der Waals surface area contributed by atoms with Gasteiger partial charge in [-0.1, -0.05) is 30.3 Å². The van der Waals surface area contributed by atoms with Crippen molar-refractivity contribution in [3.05, 3.63) is 35.9 Å². The Balaban J connectivity index is 2.45. The number of hydrogen-bond acceptors (Lipinski definition) is 3. The highest BCUT2D eigenvalue weighted by atomic mass is 19.4. The minimum Gasteiger partial charge on any atom is -0.356 e. The monoisotopic (exact) mass is 315 g/mol. The fourth-order valence-corrected chi connectivity index (χ4v) is 2.58. The molecule has 22 heavy (non-hydrogen) atoms. The van der Waals surface area contributed by atoms with Crippen LogP contribution in [0.15, 0.2) is 30.3 Å².